The maximum atomic E-state index is 11.5. The number of aromatic nitrogens is 4. The van der Waals surface area contributed by atoms with E-state index in [2.05, 4.69) is 73.8 Å². The van der Waals surface area contributed by atoms with Crippen LogP contribution in [0.15, 0.2) is 48.5 Å². The molecule has 7 nitrogen and oxygen atoms in total. The van der Waals surface area contributed by atoms with Gasteiger partial charge in [0, 0.05) is 28.3 Å². The summed E-state index contributed by atoms with van der Waals surface area (Å²) in [6, 6.07) is 13.2. The van der Waals surface area contributed by atoms with Crippen LogP contribution in [0.25, 0.3) is 6.08 Å². The predicted octanol–water partition coefficient (Wildman–Crippen LogP) is 8.78. The first-order chi connectivity index (χ1) is 19.2. The van der Waals surface area contributed by atoms with Crippen molar-refractivity contribution in [3.05, 3.63) is 70.0 Å². The monoisotopic (exact) mass is 596 g/mol. The molecule has 4 rings (SSSR count). The summed E-state index contributed by atoms with van der Waals surface area (Å²) < 4.78 is 1.98. The number of anilines is 2. The Morgan fingerprint density at radius 2 is 1.66 bits per heavy atom. The topological polar surface area (TPSA) is 84.7 Å². The molecular weight excluding hydrogens is 555 g/mol. The highest BCUT2D eigenvalue weighted by Gasteiger charge is 2.45. The summed E-state index contributed by atoms with van der Waals surface area (Å²) in [5.74, 6) is 1.33. The molecule has 3 aromatic rings. The molecule has 1 saturated carbocycles. The van der Waals surface area contributed by atoms with E-state index in [9.17, 15) is 4.79 Å². The lowest BCUT2D eigenvalue weighted by atomic mass is 9.67. The van der Waals surface area contributed by atoms with Gasteiger partial charge >= 0.3 is 0 Å². The second-order valence-electron chi connectivity index (χ2n) is 13.4. The molecular formula is C32H42Cl2N6O. The van der Waals surface area contributed by atoms with Crippen LogP contribution in [-0.4, -0.2) is 26.1 Å². The fourth-order valence-corrected chi connectivity index (χ4v) is 6.23. The van der Waals surface area contributed by atoms with Crippen LogP contribution >= 0.6 is 23.2 Å². The van der Waals surface area contributed by atoms with Gasteiger partial charge in [0.05, 0.1) is 11.6 Å². The standard InChI is InChI=1S/C32H42Cl2N6O/c1-21(41)35-25-11-13-26(14-12-25)36-32(18-16-23(17-19-32)30(2,3)4)29-37-38-39-40(29)28(31(5,6)7)15-9-22-8-10-24(33)20-27(22)34/h8-15,20,23,28,36H,16-19H2,1-7H3,(H,35,41). The van der Waals surface area contributed by atoms with Crippen LogP contribution in [0, 0.1) is 16.7 Å². The van der Waals surface area contributed by atoms with Crippen molar-refractivity contribution in [2.24, 2.45) is 16.7 Å². The predicted molar refractivity (Wildman–Crippen MR) is 169 cm³/mol. The van der Waals surface area contributed by atoms with Gasteiger partial charge in [-0.2, -0.15) is 0 Å². The Morgan fingerprint density at radius 3 is 2.22 bits per heavy atom. The number of nitrogens with zero attached hydrogens (tertiary/aromatic N) is 4. The van der Waals surface area contributed by atoms with E-state index in [0.717, 1.165) is 48.4 Å². The van der Waals surface area contributed by atoms with E-state index >= 15 is 0 Å². The van der Waals surface area contributed by atoms with E-state index in [-0.39, 0.29) is 22.8 Å². The lowest BCUT2D eigenvalue weighted by molar-refractivity contribution is -0.114. The molecule has 1 aromatic heterocycles. The molecule has 1 amide bonds. The van der Waals surface area contributed by atoms with Crippen LogP contribution in [0.4, 0.5) is 11.4 Å². The molecule has 2 aromatic carbocycles. The van der Waals surface area contributed by atoms with Gasteiger partial charge in [-0.3, -0.25) is 4.79 Å². The molecule has 2 N–H and O–H groups in total. The lowest BCUT2D eigenvalue weighted by Crippen LogP contribution is -2.44. The van der Waals surface area contributed by atoms with Gasteiger partial charge in [-0.15, -0.1) is 5.10 Å². The maximum Gasteiger partial charge on any atom is 0.221 e. The van der Waals surface area contributed by atoms with Crippen molar-refractivity contribution < 1.29 is 4.79 Å². The van der Waals surface area contributed by atoms with Crippen LogP contribution in [0.5, 0.6) is 0 Å². The van der Waals surface area contributed by atoms with E-state index in [0.29, 0.717) is 16.0 Å². The van der Waals surface area contributed by atoms with Gasteiger partial charge in [0.15, 0.2) is 5.82 Å². The Morgan fingerprint density at radius 1 is 1.02 bits per heavy atom. The molecule has 41 heavy (non-hydrogen) atoms. The number of tetrazole rings is 1. The second-order valence-corrected chi connectivity index (χ2v) is 14.2. The van der Waals surface area contributed by atoms with E-state index in [1.54, 1.807) is 6.07 Å². The molecule has 1 aliphatic rings. The molecule has 9 heteroatoms. The fraction of sp³-hybridized carbons (Fsp3) is 0.500. The molecule has 1 aliphatic carbocycles. The van der Waals surface area contributed by atoms with Crippen LogP contribution in [0.1, 0.15) is 91.6 Å². The minimum atomic E-state index is -0.462. The van der Waals surface area contributed by atoms with Crippen LogP contribution < -0.4 is 10.6 Å². The van der Waals surface area contributed by atoms with Crippen molar-refractivity contribution >= 4 is 46.6 Å². The highest BCUT2D eigenvalue weighted by molar-refractivity contribution is 6.35. The molecule has 220 valence electrons. The zero-order valence-electron chi connectivity index (χ0n) is 25.1. The lowest BCUT2D eigenvalue weighted by Gasteiger charge is -2.45. The van der Waals surface area contributed by atoms with Crippen molar-refractivity contribution in [1.82, 2.24) is 20.2 Å². The van der Waals surface area contributed by atoms with Gasteiger partial charge in [-0.25, -0.2) is 4.68 Å². The van der Waals surface area contributed by atoms with Crippen molar-refractivity contribution in [3.63, 3.8) is 0 Å². The summed E-state index contributed by atoms with van der Waals surface area (Å²) in [5, 5.41) is 21.4. The van der Waals surface area contributed by atoms with Gasteiger partial charge in [-0.05, 0) is 94.8 Å². The summed E-state index contributed by atoms with van der Waals surface area (Å²) in [6.45, 7) is 15.0. The summed E-state index contributed by atoms with van der Waals surface area (Å²) in [4.78, 5) is 11.5. The molecule has 1 atom stereocenters. The summed E-state index contributed by atoms with van der Waals surface area (Å²) in [5.41, 5.74) is 2.18. The van der Waals surface area contributed by atoms with Gasteiger partial charge in [0.25, 0.3) is 0 Å². The minimum Gasteiger partial charge on any atom is -0.373 e. The third-order valence-corrected chi connectivity index (χ3v) is 8.71. The Labute approximate surface area is 254 Å². The van der Waals surface area contributed by atoms with Crippen molar-refractivity contribution in [1.29, 1.82) is 0 Å². The number of hydrogen-bond acceptors (Lipinski definition) is 5. The summed E-state index contributed by atoms with van der Waals surface area (Å²) in [7, 11) is 0. The summed E-state index contributed by atoms with van der Waals surface area (Å²) >= 11 is 12.6. The third-order valence-electron chi connectivity index (χ3n) is 8.14. The van der Waals surface area contributed by atoms with Crippen LogP contribution in [-0.2, 0) is 10.3 Å². The first-order valence-electron chi connectivity index (χ1n) is 14.3. The Balaban J connectivity index is 1.74. The van der Waals surface area contributed by atoms with Crippen molar-refractivity contribution in [2.45, 2.75) is 85.7 Å². The number of nitrogens with one attached hydrogen (secondary N) is 2. The average Bonchev–Trinajstić information content (AvgIpc) is 3.35. The molecule has 0 radical (unpaired) electrons. The number of carbonyl (C=O) groups is 1. The van der Waals surface area contributed by atoms with E-state index in [1.165, 1.54) is 6.92 Å². The highest BCUT2D eigenvalue weighted by Crippen LogP contribution is 2.47. The normalized spacial score (nSPS) is 20.7. The molecule has 1 heterocycles. The Kier molecular flexibility index (Phi) is 9.19. The third kappa shape index (κ3) is 7.49. The first-order valence-corrected chi connectivity index (χ1v) is 15.0. The van der Waals surface area contributed by atoms with E-state index in [4.69, 9.17) is 23.2 Å². The molecule has 0 saturated heterocycles. The quantitative estimate of drug-likeness (QED) is 0.284. The summed E-state index contributed by atoms with van der Waals surface area (Å²) in [6.07, 6.45) is 8.06. The van der Waals surface area contributed by atoms with E-state index < -0.39 is 5.54 Å². The maximum absolute atomic E-state index is 11.5. The molecule has 0 bridgehead atoms. The van der Waals surface area contributed by atoms with Gasteiger partial charge in [0.1, 0.15) is 0 Å². The number of halogens is 2. The number of hydrogen-bond donors (Lipinski definition) is 2. The van der Waals surface area contributed by atoms with Crippen molar-refractivity contribution in [3.8, 4) is 0 Å². The average molecular weight is 598 g/mol. The number of allylic oxidation sites excluding steroid dienone is 1. The van der Waals surface area contributed by atoms with Crippen molar-refractivity contribution in [2.75, 3.05) is 10.6 Å². The number of rotatable bonds is 7. The second kappa shape index (κ2) is 12.1. The highest BCUT2D eigenvalue weighted by atomic mass is 35.5. The minimum absolute atomic E-state index is 0.0944. The van der Waals surface area contributed by atoms with Gasteiger partial charge in [-0.1, -0.05) is 83.0 Å². The molecule has 1 unspecified atom stereocenters. The Hall–Kier alpha value is -2.90. The Bertz CT molecular complexity index is 1380. The molecule has 0 aliphatic heterocycles. The molecule has 1 fully saturated rings. The fourth-order valence-electron chi connectivity index (χ4n) is 5.76. The smallest absolute Gasteiger partial charge is 0.221 e. The van der Waals surface area contributed by atoms with Gasteiger partial charge < -0.3 is 10.6 Å². The number of carbonyl (C=O) groups excluding carboxylic acids is 1. The molecule has 0 spiro atoms. The number of benzene rings is 2. The first kappa shape index (κ1) is 31.0. The van der Waals surface area contributed by atoms with Crippen LogP contribution in [0.2, 0.25) is 10.0 Å². The zero-order valence-corrected chi connectivity index (χ0v) is 26.6. The SMILES string of the molecule is CC(=O)Nc1ccc(NC2(c3nnnn3C(C=Cc3ccc(Cl)cc3Cl)C(C)(C)C)CCC(C(C)(C)C)CC2)cc1. The van der Waals surface area contributed by atoms with Crippen LogP contribution in [0.3, 0.4) is 0 Å². The zero-order chi connectivity index (χ0) is 30.0. The largest absolute Gasteiger partial charge is 0.373 e. The van der Waals surface area contributed by atoms with Gasteiger partial charge in [0.2, 0.25) is 5.91 Å². The van der Waals surface area contributed by atoms with E-state index in [1.807, 2.05) is 47.2 Å². The number of amides is 1.